The molecule has 34 heavy (non-hydrogen) atoms. The van der Waals surface area contributed by atoms with E-state index in [0.717, 1.165) is 42.3 Å². The van der Waals surface area contributed by atoms with Crippen LogP contribution in [0, 0.1) is 11.8 Å². The van der Waals surface area contributed by atoms with Crippen LogP contribution in [0.4, 0.5) is 4.39 Å². The highest BCUT2D eigenvalue weighted by Gasteiger charge is 2.22. The first kappa shape index (κ1) is 29.7. The fourth-order valence-electron chi connectivity index (χ4n) is 3.65. The van der Waals surface area contributed by atoms with E-state index in [1.807, 2.05) is 18.2 Å². The predicted octanol–water partition coefficient (Wildman–Crippen LogP) is 4.97. The van der Waals surface area contributed by atoms with E-state index >= 15 is 0 Å². The van der Waals surface area contributed by atoms with Gasteiger partial charge < -0.3 is 15.5 Å². The van der Waals surface area contributed by atoms with Crippen LogP contribution in [0.5, 0.6) is 0 Å². The van der Waals surface area contributed by atoms with Gasteiger partial charge in [-0.15, -0.1) is 0 Å². The number of halogens is 1. The minimum absolute atomic E-state index is 0.00177. The summed E-state index contributed by atoms with van der Waals surface area (Å²) in [5.74, 6) is 0.712. The molecule has 2 atom stereocenters. The van der Waals surface area contributed by atoms with E-state index in [0.29, 0.717) is 19.5 Å². The highest BCUT2D eigenvalue weighted by atomic mass is 19.1. The van der Waals surface area contributed by atoms with Crippen molar-refractivity contribution in [3.63, 3.8) is 0 Å². The van der Waals surface area contributed by atoms with Crippen LogP contribution in [-0.2, 0) is 11.2 Å². The molecule has 0 aliphatic heterocycles. The van der Waals surface area contributed by atoms with Crippen molar-refractivity contribution in [3.05, 3.63) is 60.4 Å². The second-order valence-corrected chi connectivity index (χ2v) is 9.84. The molecule has 1 aromatic rings. The first-order valence-corrected chi connectivity index (χ1v) is 12.5. The van der Waals surface area contributed by atoms with E-state index in [-0.39, 0.29) is 17.9 Å². The fourth-order valence-corrected chi connectivity index (χ4v) is 3.65. The molecule has 1 unspecified atom stereocenters. The standard InChI is InChI=1S/C28H47FN4O/c1-22(2)13-11-12-16-30-23(3)24(4)31-25(5)27(19-26-14-9-8-10-15-26)20-28(34)33(7)18-17-32(6)21-29/h8-10,14-15,22,24,27,30-31H,3,5,11-13,16-21H2,1-2,4,6-7H3/t24?,27-/m1/s1. The third-order valence-corrected chi connectivity index (χ3v) is 6.17. The van der Waals surface area contributed by atoms with Crippen LogP contribution in [-0.4, -0.2) is 62.3 Å². The number of unbranched alkanes of at least 4 members (excludes halogenated alkanes) is 1. The highest BCUT2D eigenvalue weighted by molar-refractivity contribution is 5.76. The Bertz CT molecular complexity index is 737. The maximum Gasteiger partial charge on any atom is 0.223 e. The smallest absolute Gasteiger partial charge is 0.223 e. The normalized spacial score (nSPS) is 12.9. The van der Waals surface area contributed by atoms with Gasteiger partial charge in [0.15, 0.2) is 0 Å². The molecule has 0 spiro atoms. The maximum atomic E-state index is 12.9. The molecule has 0 aliphatic rings. The fraction of sp³-hybridized carbons (Fsp3) is 0.607. The van der Waals surface area contributed by atoms with E-state index in [9.17, 15) is 9.18 Å². The van der Waals surface area contributed by atoms with Crippen molar-refractivity contribution < 1.29 is 9.18 Å². The van der Waals surface area contributed by atoms with Crippen molar-refractivity contribution in [2.75, 3.05) is 40.5 Å². The molecule has 0 aromatic heterocycles. The first-order valence-electron chi connectivity index (χ1n) is 12.5. The zero-order chi connectivity index (χ0) is 25.5. The van der Waals surface area contributed by atoms with Crippen LogP contribution in [0.25, 0.3) is 0 Å². The Morgan fingerprint density at radius 1 is 1.03 bits per heavy atom. The summed E-state index contributed by atoms with van der Waals surface area (Å²) in [6.45, 7) is 16.4. The molecule has 0 saturated carbocycles. The van der Waals surface area contributed by atoms with Crippen molar-refractivity contribution in [2.45, 2.75) is 58.9 Å². The Balaban J connectivity index is 2.69. The van der Waals surface area contributed by atoms with E-state index in [4.69, 9.17) is 0 Å². The minimum atomic E-state index is -0.521. The maximum absolute atomic E-state index is 12.9. The number of amides is 1. The molecular formula is C28H47FN4O. The van der Waals surface area contributed by atoms with Crippen LogP contribution in [0.1, 0.15) is 52.0 Å². The van der Waals surface area contributed by atoms with Crippen molar-refractivity contribution in [1.29, 1.82) is 0 Å². The summed E-state index contributed by atoms with van der Waals surface area (Å²) in [6, 6.07) is 10.2. The number of rotatable bonds is 18. The molecule has 0 bridgehead atoms. The third kappa shape index (κ3) is 12.2. The lowest BCUT2D eigenvalue weighted by Crippen LogP contribution is -2.38. The van der Waals surface area contributed by atoms with Gasteiger partial charge in [-0.05, 0) is 38.3 Å². The van der Waals surface area contributed by atoms with Gasteiger partial charge in [0.1, 0.15) is 6.80 Å². The molecule has 1 rings (SSSR count). The van der Waals surface area contributed by atoms with Crippen molar-refractivity contribution in [1.82, 2.24) is 20.4 Å². The molecule has 6 heteroatoms. The number of likely N-dealkylation sites (N-methyl/N-ethyl adjacent to an activating group) is 2. The van der Waals surface area contributed by atoms with Gasteiger partial charge in [-0.25, -0.2) is 4.39 Å². The summed E-state index contributed by atoms with van der Waals surface area (Å²) in [5.41, 5.74) is 2.93. The zero-order valence-corrected chi connectivity index (χ0v) is 22.1. The number of nitrogens with zero attached hydrogens (tertiary/aromatic N) is 2. The van der Waals surface area contributed by atoms with Crippen molar-refractivity contribution >= 4 is 5.91 Å². The van der Waals surface area contributed by atoms with E-state index in [2.05, 4.69) is 56.7 Å². The summed E-state index contributed by atoms with van der Waals surface area (Å²) >= 11 is 0. The van der Waals surface area contributed by atoms with Gasteiger partial charge in [0.05, 0.1) is 6.04 Å². The Labute approximate surface area is 207 Å². The molecule has 1 aromatic carbocycles. The average molecular weight is 475 g/mol. The van der Waals surface area contributed by atoms with Gasteiger partial charge in [0.25, 0.3) is 0 Å². The van der Waals surface area contributed by atoms with Crippen LogP contribution >= 0.6 is 0 Å². The molecule has 1 amide bonds. The van der Waals surface area contributed by atoms with Gasteiger partial charge in [-0.2, -0.15) is 0 Å². The van der Waals surface area contributed by atoms with Gasteiger partial charge in [0.2, 0.25) is 5.91 Å². The molecule has 0 heterocycles. The molecular weight excluding hydrogens is 427 g/mol. The third-order valence-electron chi connectivity index (χ3n) is 6.17. The number of benzene rings is 1. The summed E-state index contributed by atoms with van der Waals surface area (Å²) in [4.78, 5) is 16.2. The summed E-state index contributed by atoms with van der Waals surface area (Å²) < 4.78 is 12.7. The van der Waals surface area contributed by atoms with Gasteiger partial charge in [-0.3, -0.25) is 9.69 Å². The summed E-state index contributed by atoms with van der Waals surface area (Å²) in [7, 11) is 3.48. The number of allylic oxidation sites excluding steroid dienone is 1. The number of carbonyl (C=O) groups is 1. The second kappa shape index (κ2) is 16.3. The largest absolute Gasteiger partial charge is 0.387 e. The van der Waals surface area contributed by atoms with Gasteiger partial charge in [0, 0.05) is 50.4 Å². The minimum Gasteiger partial charge on any atom is -0.387 e. The number of carbonyl (C=O) groups excluding carboxylic acids is 1. The van der Waals surface area contributed by atoms with Crippen LogP contribution in [0.15, 0.2) is 54.9 Å². The van der Waals surface area contributed by atoms with E-state index in [1.54, 1.807) is 23.9 Å². The topological polar surface area (TPSA) is 47.6 Å². The lowest BCUT2D eigenvalue weighted by atomic mass is 9.92. The highest BCUT2D eigenvalue weighted by Crippen LogP contribution is 2.20. The SMILES string of the molecule is C=C(NCCCCC(C)C)C(C)NC(=C)[C@@H](CC(=O)N(C)CCN(C)CF)Cc1ccccc1. The Morgan fingerprint density at radius 2 is 1.71 bits per heavy atom. The molecule has 0 saturated heterocycles. The first-order chi connectivity index (χ1) is 16.1. The van der Waals surface area contributed by atoms with E-state index < -0.39 is 6.80 Å². The molecule has 0 aliphatic carbocycles. The number of nitrogens with one attached hydrogen (secondary N) is 2. The second-order valence-electron chi connectivity index (χ2n) is 9.84. The number of hydrogen-bond acceptors (Lipinski definition) is 4. The van der Waals surface area contributed by atoms with E-state index in [1.165, 1.54) is 12.8 Å². The molecule has 0 fully saturated rings. The van der Waals surface area contributed by atoms with Crippen LogP contribution < -0.4 is 10.6 Å². The average Bonchev–Trinajstić information content (AvgIpc) is 2.81. The summed E-state index contributed by atoms with van der Waals surface area (Å²) in [5, 5.41) is 6.91. The predicted molar refractivity (Wildman–Crippen MR) is 142 cm³/mol. The quantitative estimate of drug-likeness (QED) is 0.233. The molecule has 2 N–H and O–H groups in total. The Hall–Kier alpha value is -2.34. The monoisotopic (exact) mass is 474 g/mol. The van der Waals surface area contributed by atoms with Gasteiger partial charge >= 0.3 is 0 Å². The van der Waals surface area contributed by atoms with Crippen LogP contribution in [0.2, 0.25) is 0 Å². The lowest BCUT2D eigenvalue weighted by Gasteiger charge is -2.28. The van der Waals surface area contributed by atoms with Gasteiger partial charge in [-0.1, -0.05) is 70.2 Å². The van der Waals surface area contributed by atoms with Crippen molar-refractivity contribution in [3.8, 4) is 0 Å². The van der Waals surface area contributed by atoms with Crippen LogP contribution in [0.3, 0.4) is 0 Å². The number of alkyl halides is 1. The number of hydrogen-bond donors (Lipinski definition) is 2. The summed E-state index contributed by atoms with van der Waals surface area (Å²) in [6.07, 6.45) is 4.64. The van der Waals surface area contributed by atoms with Crippen molar-refractivity contribution in [2.24, 2.45) is 11.8 Å². The molecule has 192 valence electrons. The zero-order valence-electron chi connectivity index (χ0n) is 22.1. The Kier molecular flexibility index (Phi) is 14.2. The Morgan fingerprint density at radius 3 is 2.32 bits per heavy atom. The lowest BCUT2D eigenvalue weighted by molar-refractivity contribution is -0.130. The molecule has 0 radical (unpaired) electrons. The molecule has 5 nitrogen and oxygen atoms in total.